The summed E-state index contributed by atoms with van der Waals surface area (Å²) in [7, 11) is 1.93. The Morgan fingerprint density at radius 3 is 2.61 bits per heavy atom. The van der Waals surface area contributed by atoms with Gasteiger partial charge in [-0.15, -0.1) is 0 Å². The maximum atomic E-state index is 11.7. The summed E-state index contributed by atoms with van der Waals surface area (Å²) in [4.78, 5) is 11.7. The van der Waals surface area contributed by atoms with Crippen LogP contribution in [0.1, 0.15) is 72.1 Å². The van der Waals surface area contributed by atoms with Gasteiger partial charge in [0.2, 0.25) is 0 Å². The maximum Gasteiger partial charge on any atom is 0.302 e. The predicted octanol–water partition coefficient (Wildman–Crippen LogP) is 4.19. The van der Waals surface area contributed by atoms with Crippen LogP contribution in [0.2, 0.25) is 0 Å². The smallest absolute Gasteiger partial charge is 0.302 e. The van der Waals surface area contributed by atoms with Gasteiger partial charge in [0.1, 0.15) is 0 Å². The molecule has 0 aromatic heterocycles. The third kappa shape index (κ3) is 2.23. The summed E-state index contributed by atoms with van der Waals surface area (Å²) < 4.78 is 11.8. The van der Waals surface area contributed by atoms with E-state index in [2.05, 4.69) is 6.92 Å². The zero-order chi connectivity index (χ0) is 19.9. The van der Waals surface area contributed by atoms with Gasteiger partial charge in [0, 0.05) is 24.9 Å². The predicted molar refractivity (Wildman–Crippen MR) is 106 cm³/mol. The van der Waals surface area contributed by atoms with E-state index in [1.807, 2.05) is 14.0 Å². The number of ether oxygens (including phenoxy) is 2. The minimum absolute atomic E-state index is 0.0400. The van der Waals surface area contributed by atoms with E-state index < -0.39 is 0 Å². The number of methoxy groups -OCH3 is 1. The van der Waals surface area contributed by atoms with Crippen LogP contribution in [0.5, 0.6) is 0 Å². The van der Waals surface area contributed by atoms with Crippen molar-refractivity contribution in [2.45, 2.75) is 84.3 Å². The van der Waals surface area contributed by atoms with E-state index in [9.17, 15) is 9.90 Å². The second-order valence-corrected chi connectivity index (χ2v) is 11.2. The Kier molecular flexibility index (Phi) is 4.29. The Balaban J connectivity index is 1.50. The van der Waals surface area contributed by atoms with E-state index >= 15 is 0 Å². The molecule has 0 radical (unpaired) electrons. The molecule has 0 saturated heterocycles. The molecule has 0 aromatic rings. The maximum absolute atomic E-state index is 11.7. The van der Waals surface area contributed by atoms with Crippen molar-refractivity contribution in [2.24, 2.45) is 45.8 Å². The highest BCUT2D eigenvalue weighted by Crippen LogP contribution is 2.82. The van der Waals surface area contributed by atoms with Gasteiger partial charge in [0.15, 0.2) is 0 Å². The van der Waals surface area contributed by atoms with Gasteiger partial charge in [-0.2, -0.15) is 0 Å². The van der Waals surface area contributed by atoms with E-state index in [1.54, 1.807) is 0 Å². The molecule has 5 rings (SSSR count). The Morgan fingerprint density at radius 1 is 1.18 bits per heavy atom. The molecule has 5 aliphatic carbocycles. The molecule has 0 heterocycles. The summed E-state index contributed by atoms with van der Waals surface area (Å²) >= 11 is 0. The number of fused-ring (bicyclic) bond motifs is 4. The molecular weight excluding hydrogens is 352 g/mol. The van der Waals surface area contributed by atoms with Crippen LogP contribution < -0.4 is 0 Å². The Labute approximate surface area is 169 Å². The van der Waals surface area contributed by atoms with E-state index in [0.29, 0.717) is 35.4 Å². The fraction of sp³-hybridized carbons (Fsp3) is 0.958. The van der Waals surface area contributed by atoms with Crippen LogP contribution in [0.25, 0.3) is 0 Å². The highest BCUT2D eigenvalue weighted by Gasteiger charge is 2.77. The largest absolute Gasteiger partial charge is 0.465 e. The first-order valence-electron chi connectivity index (χ1n) is 11.6. The zero-order valence-electron chi connectivity index (χ0n) is 18.1. The first kappa shape index (κ1) is 19.4. The molecule has 0 amide bonds. The lowest BCUT2D eigenvalue weighted by Crippen LogP contribution is -2.58. The van der Waals surface area contributed by atoms with E-state index in [0.717, 1.165) is 24.7 Å². The topological polar surface area (TPSA) is 55.8 Å². The van der Waals surface area contributed by atoms with Gasteiger partial charge in [0.25, 0.3) is 0 Å². The minimum Gasteiger partial charge on any atom is -0.465 e. The molecule has 4 nitrogen and oxygen atoms in total. The zero-order valence-corrected chi connectivity index (χ0v) is 18.1. The van der Waals surface area contributed by atoms with Crippen molar-refractivity contribution in [3.8, 4) is 0 Å². The third-order valence-electron chi connectivity index (χ3n) is 10.7. The van der Waals surface area contributed by atoms with Crippen molar-refractivity contribution in [1.29, 1.82) is 0 Å². The molecule has 5 saturated carbocycles. The summed E-state index contributed by atoms with van der Waals surface area (Å²) in [5.74, 6) is 2.93. The lowest BCUT2D eigenvalue weighted by molar-refractivity contribution is -0.181. The van der Waals surface area contributed by atoms with Gasteiger partial charge in [-0.05, 0) is 93.3 Å². The molecule has 0 aromatic carbocycles. The molecule has 4 heteroatoms. The van der Waals surface area contributed by atoms with Gasteiger partial charge in [-0.3, -0.25) is 4.79 Å². The van der Waals surface area contributed by atoms with Crippen molar-refractivity contribution in [2.75, 3.05) is 13.7 Å². The number of aliphatic hydroxyl groups is 1. The lowest BCUT2D eigenvalue weighted by atomic mass is 9.45. The van der Waals surface area contributed by atoms with Gasteiger partial charge in [-0.25, -0.2) is 0 Å². The quantitative estimate of drug-likeness (QED) is 0.731. The molecule has 1 N–H and O–H groups in total. The van der Waals surface area contributed by atoms with E-state index in [4.69, 9.17) is 9.47 Å². The molecule has 5 aliphatic rings. The number of aliphatic hydroxyl groups excluding tert-OH is 1. The van der Waals surface area contributed by atoms with Gasteiger partial charge in [-0.1, -0.05) is 6.92 Å². The number of hydrogen-bond donors (Lipinski definition) is 1. The second kappa shape index (κ2) is 6.20. The van der Waals surface area contributed by atoms with Crippen LogP contribution in [-0.2, 0) is 14.3 Å². The molecule has 0 aliphatic heterocycles. The van der Waals surface area contributed by atoms with E-state index in [-0.39, 0.29) is 23.4 Å². The minimum atomic E-state index is -0.333. The van der Waals surface area contributed by atoms with Crippen molar-refractivity contribution >= 4 is 5.97 Å². The van der Waals surface area contributed by atoms with Gasteiger partial charge < -0.3 is 14.6 Å². The first-order chi connectivity index (χ1) is 13.3. The number of hydrogen-bond acceptors (Lipinski definition) is 4. The molecular formula is C24H38O4. The first-order valence-corrected chi connectivity index (χ1v) is 11.6. The van der Waals surface area contributed by atoms with Crippen molar-refractivity contribution in [3.63, 3.8) is 0 Å². The van der Waals surface area contributed by atoms with E-state index in [1.165, 1.54) is 45.4 Å². The molecule has 0 unspecified atom stereocenters. The Hall–Kier alpha value is -0.610. The third-order valence-corrected chi connectivity index (χ3v) is 10.7. The summed E-state index contributed by atoms with van der Waals surface area (Å²) in [6, 6.07) is 0. The standard InChI is InChI=1S/C24H38O4/c1-14(25)18-5-6-20-17-11-21(27-4)24-12-16(24)7-9-22(24,3)19(17)8-10-23(18,20)13-28-15(2)26/h14,16-21,25H,5-13H2,1-4H3/t14-,16-,17-,18-,19+,20+,21-,22-,23+,24+/m1/s1. The molecule has 0 bridgehead atoms. The summed E-state index contributed by atoms with van der Waals surface area (Å²) in [5, 5.41) is 10.6. The van der Waals surface area contributed by atoms with Crippen LogP contribution in [0.4, 0.5) is 0 Å². The number of carbonyl (C=O) groups is 1. The van der Waals surface area contributed by atoms with Crippen LogP contribution >= 0.6 is 0 Å². The normalized spacial score (nSPS) is 54.9. The SMILES string of the molecule is CO[C@@H]1C[C@H]2[C@@H]3CC[C@H]([C@@H](C)O)[C@@]3(COC(C)=O)CC[C@@H]2[C@@]2(C)CC[C@@H]3C[C@]312. The fourth-order valence-corrected chi connectivity index (χ4v) is 9.67. The summed E-state index contributed by atoms with van der Waals surface area (Å²) in [5.41, 5.74) is 0.820. The Morgan fingerprint density at radius 2 is 1.96 bits per heavy atom. The number of carbonyl (C=O) groups excluding carboxylic acids is 1. The van der Waals surface area contributed by atoms with Crippen LogP contribution in [0.15, 0.2) is 0 Å². The fourth-order valence-electron chi connectivity index (χ4n) is 9.67. The highest BCUT2D eigenvalue weighted by atomic mass is 16.5. The molecule has 10 atom stereocenters. The lowest BCUT2D eigenvalue weighted by Gasteiger charge is -2.61. The van der Waals surface area contributed by atoms with Crippen molar-refractivity contribution < 1.29 is 19.4 Å². The van der Waals surface area contributed by atoms with Crippen LogP contribution in [0, 0.1) is 45.8 Å². The Bertz CT molecular complexity index is 661. The monoisotopic (exact) mass is 390 g/mol. The highest BCUT2D eigenvalue weighted by molar-refractivity contribution is 5.65. The molecule has 1 spiro atoms. The number of rotatable bonds is 4. The van der Waals surface area contributed by atoms with Gasteiger partial charge in [0.05, 0.1) is 18.8 Å². The molecule has 5 fully saturated rings. The molecule has 28 heavy (non-hydrogen) atoms. The van der Waals surface area contributed by atoms with Gasteiger partial charge >= 0.3 is 5.97 Å². The van der Waals surface area contributed by atoms with Crippen molar-refractivity contribution in [1.82, 2.24) is 0 Å². The number of esters is 1. The average molecular weight is 391 g/mol. The van der Waals surface area contributed by atoms with Crippen LogP contribution in [0.3, 0.4) is 0 Å². The van der Waals surface area contributed by atoms with Crippen LogP contribution in [-0.4, -0.2) is 37.0 Å². The summed E-state index contributed by atoms with van der Waals surface area (Å²) in [6.45, 7) is 6.54. The molecule has 158 valence electrons. The van der Waals surface area contributed by atoms with Crippen molar-refractivity contribution in [3.05, 3.63) is 0 Å². The second-order valence-electron chi connectivity index (χ2n) is 11.2. The summed E-state index contributed by atoms with van der Waals surface area (Å²) in [6.07, 6.45) is 9.93. The average Bonchev–Trinajstić information content (AvgIpc) is 3.12.